The number of para-hydroxylation sites is 2. The minimum absolute atomic E-state index is 0.0748. The van der Waals surface area contributed by atoms with Gasteiger partial charge in [-0.05, 0) is 67.5 Å². The van der Waals surface area contributed by atoms with E-state index in [1.165, 1.54) is 13.2 Å². The summed E-state index contributed by atoms with van der Waals surface area (Å²) >= 11 is 0. The topological polar surface area (TPSA) is 87.7 Å². The van der Waals surface area contributed by atoms with E-state index in [9.17, 15) is 13.2 Å². The number of anilines is 2. The molecule has 34 heavy (non-hydrogen) atoms. The van der Waals surface area contributed by atoms with Crippen molar-refractivity contribution in [2.24, 2.45) is 0 Å². The Morgan fingerprint density at radius 3 is 2.29 bits per heavy atom. The number of hydrogen-bond donors (Lipinski definition) is 2. The van der Waals surface area contributed by atoms with Crippen LogP contribution in [0.25, 0.3) is 0 Å². The van der Waals surface area contributed by atoms with Crippen LogP contribution in [0.2, 0.25) is 0 Å². The van der Waals surface area contributed by atoms with Crippen LogP contribution in [0.5, 0.6) is 5.75 Å². The number of carbonyl (C=O) groups is 1. The highest BCUT2D eigenvalue weighted by Crippen LogP contribution is 2.28. The van der Waals surface area contributed by atoms with Crippen LogP contribution in [0.15, 0.2) is 71.6 Å². The molecule has 8 heteroatoms. The number of hydrogen-bond acceptors (Lipinski definition) is 5. The van der Waals surface area contributed by atoms with Gasteiger partial charge in [-0.25, -0.2) is 8.42 Å². The van der Waals surface area contributed by atoms with Crippen molar-refractivity contribution in [3.8, 4) is 5.75 Å². The molecule has 0 fully saturated rings. The van der Waals surface area contributed by atoms with Crippen LogP contribution in [0.3, 0.4) is 0 Å². The molecule has 0 aromatic heterocycles. The number of methoxy groups -OCH3 is 1. The Labute approximate surface area is 201 Å². The molecule has 2 N–H and O–H groups in total. The Hall–Kier alpha value is -3.36. The number of ether oxygens (including phenoxy) is 1. The first-order chi connectivity index (χ1) is 16.3. The molecule has 3 rings (SSSR count). The minimum Gasteiger partial charge on any atom is -0.495 e. The second kappa shape index (κ2) is 11.2. The predicted octanol–water partition coefficient (Wildman–Crippen LogP) is 4.90. The van der Waals surface area contributed by atoms with Crippen LogP contribution >= 0.6 is 0 Å². The number of rotatable bonds is 10. The van der Waals surface area contributed by atoms with Gasteiger partial charge in [-0.3, -0.25) is 14.4 Å². The van der Waals surface area contributed by atoms with Crippen molar-refractivity contribution in [2.45, 2.75) is 32.2 Å². The number of nitrogens with zero attached hydrogens (tertiary/aromatic N) is 1. The van der Waals surface area contributed by atoms with Crippen molar-refractivity contribution in [1.29, 1.82) is 0 Å². The van der Waals surface area contributed by atoms with Gasteiger partial charge in [0.1, 0.15) is 5.75 Å². The van der Waals surface area contributed by atoms with Crippen molar-refractivity contribution in [3.05, 3.63) is 83.4 Å². The molecule has 180 valence electrons. The number of carbonyl (C=O) groups excluding carboxylic acids is 1. The highest BCUT2D eigenvalue weighted by atomic mass is 32.2. The first kappa shape index (κ1) is 25.3. The molecule has 0 spiro atoms. The molecule has 0 atom stereocenters. The summed E-state index contributed by atoms with van der Waals surface area (Å²) in [5.41, 5.74) is 2.92. The van der Waals surface area contributed by atoms with Crippen molar-refractivity contribution in [3.63, 3.8) is 0 Å². The summed E-state index contributed by atoms with van der Waals surface area (Å²) < 4.78 is 34.0. The first-order valence-corrected chi connectivity index (χ1v) is 12.6. The van der Waals surface area contributed by atoms with Gasteiger partial charge in [0.25, 0.3) is 15.9 Å². The van der Waals surface area contributed by atoms with Gasteiger partial charge in [0.15, 0.2) is 0 Å². The highest BCUT2D eigenvalue weighted by Gasteiger charge is 2.20. The lowest BCUT2D eigenvalue weighted by Crippen LogP contribution is -2.22. The number of aryl methyl sites for hydroxylation is 1. The summed E-state index contributed by atoms with van der Waals surface area (Å²) in [5.74, 6) is 0.108. The largest absolute Gasteiger partial charge is 0.495 e. The van der Waals surface area contributed by atoms with E-state index < -0.39 is 10.0 Å². The molecule has 0 saturated carbocycles. The Balaban J connectivity index is 1.77. The van der Waals surface area contributed by atoms with Crippen LogP contribution < -0.4 is 14.8 Å². The summed E-state index contributed by atoms with van der Waals surface area (Å²) in [6.07, 6.45) is 0. The number of sulfonamides is 1. The average molecular weight is 482 g/mol. The molecule has 0 aliphatic heterocycles. The molecule has 0 saturated heterocycles. The molecular weight excluding hydrogens is 450 g/mol. The molecule has 0 heterocycles. The lowest BCUT2D eigenvalue weighted by Gasteiger charge is -2.18. The number of nitrogens with one attached hydrogen (secondary N) is 2. The Bertz CT molecular complexity index is 1240. The smallest absolute Gasteiger partial charge is 0.262 e. The van der Waals surface area contributed by atoms with Gasteiger partial charge >= 0.3 is 0 Å². The lowest BCUT2D eigenvalue weighted by molar-refractivity contribution is 0.102. The molecule has 0 radical (unpaired) electrons. The first-order valence-electron chi connectivity index (χ1n) is 11.2. The molecule has 0 aliphatic rings. The fourth-order valence-electron chi connectivity index (χ4n) is 3.57. The van der Waals surface area contributed by atoms with Gasteiger partial charge in [-0.1, -0.05) is 44.2 Å². The predicted molar refractivity (Wildman–Crippen MR) is 136 cm³/mol. The summed E-state index contributed by atoms with van der Waals surface area (Å²) in [5, 5.41) is 2.80. The third-order valence-corrected chi connectivity index (χ3v) is 7.11. The molecule has 0 bridgehead atoms. The zero-order valence-corrected chi connectivity index (χ0v) is 20.8. The third kappa shape index (κ3) is 6.15. The molecule has 1 amide bonds. The molecule has 0 unspecified atom stereocenters. The second-order valence-electron chi connectivity index (χ2n) is 7.90. The summed E-state index contributed by atoms with van der Waals surface area (Å²) in [6.45, 7) is 8.69. The van der Waals surface area contributed by atoms with Crippen LogP contribution in [0.1, 0.15) is 35.3 Å². The van der Waals surface area contributed by atoms with E-state index in [1.54, 1.807) is 55.5 Å². The van der Waals surface area contributed by atoms with E-state index in [2.05, 4.69) is 28.8 Å². The van der Waals surface area contributed by atoms with Crippen molar-refractivity contribution in [2.75, 3.05) is 30.2 Å². The summed E-state index contributed by atoms with van der Waals surface area (Å²) in [7, 11) is -2.43. The third-order valence-electron chi connectivity index (χ3n) is 5.60. The summed E-state index contributed by atoms with van der Waals surface area (Å²) in [6, 6.07) is 19.0. The highest BCUT2D eigenvalue weighted by molar-refractivity contribution is 7.92. The maximum Gasteiger partial charge on any atom is 0.262 e. The van der Waals surface area contributed by atoms with E-state index in [4.69, 9.17) is 4.74 Å². The zero-order valence-electron chi connectivity index (χ0n) is 20.0. The van der Waals surface area contributed by atoms with Crippen molar-refractivity contribution in [1.82, 2.24) is 4.90 Å². The molecule has 3 aromatic rings. The van der Waals surface area contributed by atoms with Crippen molar-refractivity contribution >= 4 is 27.3 Å². The van der Waals surface area contributed by atoms with Gasteiger partial charge in [-0.15, -0.1) is 0 Å². The Morgan fingerprint density at radius 1 is 0.971 bits per heavy atom. The fraction of sp³-hybridized carbons (Fsp3) is 0.269. The van der Waals surface area contributed by atoms with E-state index in [-0.39, 0.29) is 10.8 Å². The van der Waals surface area contributed by atoms with E-state index in [0.717, 1.165) is 25.2 Å². The zero-order chi connectivity index (χ0) is 24.7. The van der Waals surface area contributed by atoms with Crippen LogP contribution in [0, 0.1) is 6.92 Å². The Morgan fingerprint density at radius 2 is 1.65 bits per heavy atom. The second-order valence-corrected chi connectivity index (χ2v) is 9.55. The van der Waals surface area contributed by atoms with Crippen LogP contribution in [0.4, 0.5) is 11.4 Å². The maximum absolute atomic E-state index is 13.1. The fourth-order valence-corrected chi connectivity index (χ4v) is 4.91. The van der Waals surface area contributed by atoms with Gasteiger partial charge in [0.2, 0.25) is 0 Å². The van der Waals surface area contributed by atoms with Gasteiger partial charge in [0, 0.05) is 17.8 Å². The SMILES string of the molecule is CCN(CC)Cc1ccc(C(=O)Nc2ccc(C)c(S(=O)(=O)Nc3ccccc3OC)c2)cc1. The van der Waals surface area contributed by atoms with Crippen LogP contribution in [-0.4, -0.2) is 39.4 Å². The Kier molecular flexibility index (Phi) is 8.31. The van der Waals surface area contributed by atoms with Gasteiger partial charge < -0.3 is 10.1 Å². The molecule has 0 aliphatic carbocycles. The van der Waals surface area contributed by atoms with E-state index in [0.29, 0.717) is 28.3 Å². The van der Waals surface area contributed by atoms with Crippen LogP contribution in [-0.2, 0) is 16.6 Å². The van der Waals surface area contributed by atoms with E-state index in [1.807, 2.05) is 12.1 Å². The standard InChI is InChI=1S/C26H31N3O4S/c1-5-29(6-2)18-20-12-14-21(15-13-20)26(30)27-22-16-11-19(3)25(17-22)34(31,32)28-23-9-7-8-10-24(23)33-4/h7-17,28H,5-6,18H2,1-4H3,(H,27,30). The molecular formula is C26H31N3O4S. The maximum atomic E-state index is 13.1. The number of benzene rings is 3. The average Bonchev–Trinajstić information content (AvgIpc) is 2.84. The lowest BCUT2D eigenvalue weighted by atomic mass is 10.1. The quantitative estimate of drug-likeness (QED) is 0.430. The van der Waals surface area contributed by atoms with Gasteiger partial charge in [-0.2, -0.15) is 0 Å². The normalized spacial score (nSPS) is 11.3. The van der Waals surface area contributed by atoms with E-state index >= 15 is 0 Å². The van der Waals surface area contributed by atoms with Gasteiger partial charge in [0.05, 0.1) is 17.7 Å². The monoisotopic (exact) mass is 481 g/mol. The molecule has 7 nitrogen and oxygen atoms in total. The number of amides is 1. The summed E-state index contributed by atoms with van der Waals surface area (Å²) in [4.78, 5) is 15.1. The minimum atomic E-state index is -3.91. The van der Waals surface area contributed by atoms with Crippen molar-refractivity contribution < 1.29 is 17.9 Å². The molecule has 3 aromatic carbocycles.